The van der Waals surface area contributed by atoms with E-state index in [1.807, 2.05) is 36.4 Å². The molecule has 1 heterocycles. The molecule has 0 saturated carbocycles. The highest BCUT2D eigenvalue weighted by molar-refractivity contribution is 5.75. The second-order valence-electron chi connectivity index (χ2n) is 8.80. The molecule has 0 N–H and O–H groups in total. The van der Waals surface area contributed by atoms with Gasteiger partial charge in [-0.3, -0.25) is 4.79 Å². The minimum Gasteiger partial charge on any atom is -0.493 e. The number of hydrogen-bond donors (Lipinski definition) is 0. The van der Waals surface area contributed by atoms with Crippen molar-refractivity contribution in [1.29, 1.82) is 0 Å². The topological polar surface area (TPSA) is 63.2 Å². The van der Waals surface area contributed by atoms with E-state index < -0.39 is 0 Å². The number of rotatable bonds is 11. The first-order valence-electron chi connectivity index (χ1n) is 11.9. The van der Waals surface area contributed by atoms with E-state index in [0.717, 1.165) is 16.7 Å². The Bertz CT molecular complexity index is 1180. The van der Waals surface area contributed by atoms with Crippen molar-refractivity contribution in [2.45, 2.75) is 19.3 Å². The van der Waals surface area contributed by atoms with Crippen LogP contribution in [-0.2, 0) is 28.8 Å². The molecule has 0 radical (unpaired) electrons. The van der Waals surface area contributed by atoms with Crippen molar-refractivity contribution < 1.29 is 32.9 Å². The van der Waals surface area contributed by atoms with E-state index in [2.05, 4.69) is 0 Å². The van der Waals surface area contributed by atoms with Crippen LogP contribution in [0.1, 0.15) is 16.7 Å². The third-order valence-corrected chi connectivity index (χ3v) is 6.50. The Hall–Kier alpha value is -3.74. The molecule has 0 aliphatic carbocycles. The fourth-order valence-electron chi connectivity index (χ4n) is 4.51. The van der Waals surface area contributed by atoms with Gasteiger partial charge in [0.25, 0.3) is 0 Å². The lowest BCUT2D eigenvalue weighted by Gasteiger charge is -2.18. The molecule has 0 aromatic heterocycles. The molecule has 1 fully saturated rings. The number of hydrogen-bond acceptors (Lipinski definition) is 6. The molecule has 3 aromatic rings. The number of benzene rings is 3. The molecule has 0 spiro atoms. The zero-order valence-electron chi connectivity index (χ0n) is 20.8. The van der Waals surface area contributed by atoms with E-state index in [0.29, 0.717) is 55.5 Å². The van der Waals surface area contributed by atoms with Gasteiger partial charge in [0.1, 0.15) is 5.82 Å². The summed E-state index contributed by atoms with van der Waals surface area (Å²) < 4.78 is 40.7. The second-order valence-corrected chi connectivity index (χ2v) is 8.80. The molecule has 7 heteroatoms. The third kappa shape index (κ3) is 6.08. The van der Waals surface area contributed by atoms with Gasteiger partial charge < -0.3 is 23.7 Å². The van der Waals surface area contributed by atoms with E-state index in [1.165, 1.54) is 12.1 Å². The van der Waals surface area contributed by atoms with Gasteiger partial charge >= 0.3 is 5.97 Å². The lowest BCUT2D eigenvalue weighted by atomic mass is 9.85. The molecular formula is C29H31FO6. The number of halogens is 1. The number of carbonyl (C=O) groups is 1. The SMILES string of the molecule is COc1ccc(C[C@H]2COC(=O)[C@@H]2Cc2ccc(OCCc3ccc(F)cc3)c(OC)c2)cc1OC. The maximum atomic E-state index is 13.1. The summed E-state index contributed by atoms with van der Waals surface area (Å²) in [6.07, 6.45) is 1.89. The summed E-state index contributed by atoms with van der Waals surface area (Å²) in [6, 6.07) is 17.9. The van der Waals surface area contributed by atoms with Crippen LogP contribution in [0.5, 0.6) is 23.0 Å². The fraction of sp³-hybridized carbons (Fsp3) is 0.345. The zero-order valence-corrected chi connectivity index (χ0v) is 20.8. The predicted octanol–water partition coefficient (Wildman–Crippen LogP) is 5.05. The van der Waals surface area contributed by atoms with Gasteiger partial charge in [0.15, 0.2) is 23.0 Å². The summed E-state index contributed by atoms with van der Waals surface area (Å²) in [7, 11) is 4.80. The first-order chi connectivity index (χ1) is 17.5. The average Bonchev–Trinajstić information content (AvgIpc) is 3.24. The first kappa shape index (κ1) is 25.4. The highest BCUT2D eigenvalue weighted by atomic mass is 19.1. The van der Waals surface area contributed by atoms with Crippen molar-refractivity contribution in [3.05, 3.63) is 83.2 Å². The fourth-order valence-corrected chi connectivity index (χ4v) is 4.51. The van der Waals surface area contributed by atoms with E-state index in [-0.39, 0.29) is 23.6 Å². The molecule has 36 heavy (non-hydrogen) atoms. The summed E-state index contributed by atoms with van der Waals surface area (Å²) in [5.74, 6) is 1.92. The van der Waals surface area contributed by atoms with Crippen molar-refractivity contribution in [2.24, 2.45) is 11.8 Å². The van der Waals surface area contributed by atoms with Gasteiger partial charge in [-0.05, 0) is 65.9 Å². The summed E-state index contributed by atoms with van der Waals surface area (Å²) in [6.45, 7) is 0.823. The minimum absolute atomic E-state index is 0.0493. The summed E-state index contributed by atoms with van der Waals surface area (Å²) in [5.41, 5.74) is 3.02. The molecule has 1 aliphatic rings. The Kier molecular flexibility index (Phi) is 8.31. The molecule has 1 saturated heterocycles. The van der Waals surface area contributed by atoms with Crippen molar-refractivity contribution in [3.8, 4) is 23.0 Å². The maximum Gasteiger partial charge on any atom is 0.309 e. The molecule has 6 nitrogen and oxygen atoms in total. The Morgan fingerprint density at radius 2 is 1.36 bits per heavy atom. The van der Waals surface area contributed by atoms with Gasteiger partial charge in [-0.2, -0.15) is 0 Å². The molecule has 0 amide bonds. The second kappa shape index (κ2) is 11.8. The molecule has 0 unspecified atom stereocenters. The smallest absolute Gasteiger partial charge is 0.309 e. The van der Waals surface area contributed by atoms with Crippen LogP contribution in [-0.4, -0.2) is 40.5 Å². The van der Waals surface area contributed by atoms with Gasteiger partial charge in [0, 0.05) is 12.3 Å². The number of esters is 1. The van der Waals surface area contributed by atoms with Crippen LogP contribution >= 0.6 is 0 Å². The number of carbonyl (C=O) groups excluding carboxylic acids is 1. The zero-order chi connectivity index (χ0) is 25.5. The lowest BCUT2D eigenvalue weighted by Crippen LogP contribution is -2.20. The standard InChI is InChI=1S/C29H31FO6/c1-32-25-10-6-20(16-27(25)33-2)14-22-18-36-29(31)24(22)15-21-7-11-26(28(17-21)34-3)35-13-12-19-4-8-23(30)9-5-19/h4-11,16-17,22,24H,12-15,18H2,1-3H3/t22-,24+/m0/s1. The molecular weight excluding hydrogens is 463 g/mol. The summed E-state index contributed by atoms with van der Waals surface area (Å²) >= 11 is 0. The van der Waals surface area contributed by atoms with Gasteiger partial charge in [0.2, 0.25) is 0 Å². The van der Waals surface area contributed by atoms with Gasteiger partial charge in [0.05, 0.1) is 40.5 Å². The maximum absolute atomic E-state index is 13.1. The Balaban J connectivity index is 1.40. The predicted molar refractivity (Wildman–Crippen MR) is 133 cm³/mol. The lowest BCUT2D eigenvalue weighted by molar-refractivity contribution is -0.141. The van der Waals surface area contributed by atoms with Gasteiger partial charge in [-0.1, -0.05) is 24.3 Å². The molecule has 190 valence electrons. The Labute approximate surface area is 210 Å². The first-order valence-corrected chi connectivity index (χ1v) is 11.9. The third-order valence-electron chi connectivity index (χ3n) is 6.50. The van der Waals surface area contributed by atoms with Crippen LogP contribution in [0.25, 0.3) is 0 Å². The molecule has 3 aromatic carbocycles. The van der Waals surface area contributed by atoms with Crippen LogP contribution in [0.15, 0.2) is 60.7 Å². The van der Waals surface area contributed by atoms with E-state index in [9.17, 15) is 9.18 Å². The highest BCUT2D eigenvalue weighted by Crippen LogP contribution is 2.35. The van der Waals surface area contributed by atoms with Crippen LogP contribution in [0, 0.1) is 17.7 Å². The molecule has 1 aliphatic heterocycles. The molecule has 4 rings (SSSR count). The monoisotopic (exact) mass is 494 g/mol. The van der Waals surface area contributed by atoms with Crippen molar-refractivity contribution in [2.75, 3.05) is 34.5 Å². The Morgan fingerprint density at radius 3 is 2.03 bits per heavy atom. The number of cyclic esters (lactones) is 1. The normalized spacial score (nSPS) is 16.9. The minimum atomic E-state index is -0.256. The number of methoxy groups -OCH3 is 3. The van der Waals surface area contributed by atoms with Crippen LogP contribution in [0.3, 0.4) is 0 Å². The van der Waals surface area contributed by atoms with E-state index >= 15 is 0 Å². The van der Waals surface area contributed by atoms with Crippen molar-refractivity contribution in [1.82, 2.24) is 0 Å². The molecule has 0 bridgehead atoms. The summed E-state index contributed by atoms with van der Waals surface area (Å²) in [4.78, 5) is 12.6. The highest BCUT2D eigenvalue weighted by Gasteiger charge is 2.37. The van der Waals surface area contributed by atoms with E-state index in [1.54, 1.807) is 33.5 Å². The average molecular weight is 495 g/mol. The number of ether oxygens (including phenoxy) is 5. The summed E-state index contributed by atoms with van der Waals surface area (Å²) in [5, 5.41) is 0. The van der Waals surface area contributed by atoms with Gasteiger partial charge in [-0.25, -0.2) is 4.39 Å². The van der Waals surface area contributed by atoms with Crippen LogP contribution in [0.4, 0.5) is 4.39 Å². The van der Waals surface area contributed by atoms with Gasteiger partial charge in [-0.15, -0.1) is 0 Å². The molecule has 2 atom stereocenters. The largest absolute Gasteiger partial charge is 0.493 e. The quantitative estimate of drug-likeness (QED) is 0.348. The van der Waals surface area contributed by atoms with Crippen LogP contribution < -0.4 is 18.9 Å². The van der Waals surface area contributed by atoms with Crippen molar-refractivity contribution in [3.63, 3.8) is 0 Å². The van der Waals surface area contributed by atoms with Crippen molar-refractivity contribution >= 4 is 5.97 Å². The Morgan fingerprint density at radius 1 is 0.778 bits per heavy atom. The van der Waals surface area contributed by atoms with Crippen LogP contribution in [0.2, 0.25) is 0 Å². The van der Waals surface area contributed by atoms with E-state index in [4.69, 9.17) is 23.7 Å².